The van der Waals surface area contributed by atoms with Gasteiger partial charge in [0.05, 0.1) is 13.2 Å². The molecule has 0 bridgehead atoms. The number of piperidine rings is 1. The standard InChI is InChI=1S/C14H29N3O2/c1-3-4-8-17-9-5-13(6-10-17)16-14(18)12-15-7-11-19-2/h13,15H,3-12H2,1-2H3,(H,16,18). The van der Waals surface area contributed by atoms with Crippen molar-refractivity contribution in [3.8, 4) is 0 Å². The Kier molecular flexibility index (Phi) is 8.79. The van der Waals surface area contributed by atoms with Gasteiger partial charge in [-0.3, -0.25) is 4.79 Å². The lowest BCUT2D eigenvalue weighted by atomic mass is 10.0. The monoisotopic (exact) mass is 271 g/mol. The highest BCUT2D eigenvalue weighted by molar-refractivity contribution is 5.78. The molecule has 0 atom stereocenters. The number of carbonyl (C=O) groups excluding carboxylic acids is 1. The number of rotatable bonds is 9. The van der Waals surface area contributed by atoms with Gasteiger partial charge in [-0.25, -0.2) is 0 Å². The van der Waals surface area contributed by atoms with Gasteiger partial charge in [0.25, 0.3) is 0 Å². The van der Waals surface area contributed by atoms with Gasteiger partial charge in [0, 0.05) is 32.8 Å². The first-order valence-electron chi connectivity index (χ1n) is 7.47. The number of likely N-dealkylation sites (tertiary alicyclic amines) is 1. The van der Waals surface area contributed by atoms with Crippen LogP contribution in [-0.2, 0) is 9.53 Å². The van der Waals surface area contributed by atoms with E-state index in [1.54, 1.807) is 7.11 Å². The molecule has 1 saturated heterocycles. The molecule has 5 nitrogen and oxygen atoms in total. The van der Waals surface area contributed by atoms with E-state index in [4.69, 9.17) is 4.74 Å². The maximum absolute atomic E-state index is 11.7. The number of carbonyl (C=O) groups is 1. The van der Waals surface area contributed by atoms with Crippen molar-refractivity contribution in [2.45, 2.75) is 38.6 Å². The molecule has 0 aromatic rings. The molecule has 1 fully saturated rings. The third kappa shape index (κ3) is 7.50. The molecule has 1 aliphatic rings. The average Bonchev–Trinajstić information content (AvgIpc) is 2.43. The molecule has 0 radical (unpaired) electrons. The Hall–Kier alpha value is -0.650. The third-order valence-corrected chi connectivity index (χ3v) is 3.55. The number of unbranched alkanes of at least 4 members (excludes halogenated alkanes) is 1. The van der Waals surface area contributed by atoms with Gasteiger partial charge >= 0.3 is 0 Å². The fourth-order valence-electron chi connectivity index (χ4n) is 2.34. The van der Waals surface area contributed by atoms with Gasteiger partial charge in [-0.05, 0) is 25.8 Å². The van der Waals surface area contributed by atoms with Gasteiger partial charge in [-0.1, -0.05) is 13.3 Å². The molecule has 0 unspecified atom stereocenters. The minimum absolute atomic E-state index is 0.100. The number of hydrogen-bond acceptors (Lipinski definition) is 4. The molecule has 0 saturated carbocycles. The zero-order chi connectivity index (χ0) is 13.9. The first-order chi connectivity index (χ1) is 9.26. The minimum Gasteiger partial charge on any atom is -0.383 e. The molecule has 2 N–H and O–H groups in total. The molecule has 0 spiro atoms. The lowest BCUT2D eigenvalue weighted by Crippen LogP contribution is -2.47. The van der Waals surface area contributed by atoms with Crippen molar-refractivity contribution in [3.63, 3.8) is 0 Å². The summed E-state index contributed by atoms with van der Waals surface area (Å²) in [6.45, 7) is 7.41. The smallest absolute Gasteiger partial charge is 0.234 e. The summed E-state index contributed by atoms with van der Waals surface area (Å²) in [6, 6.07) is 0.356. The second-order valence-electron chi connectivity index (χ2n) is 5.21. The topological polar surface area (TPSA) is 53.6 Å². The van der Waals surface area contributed by atoms with Crippen LogP contribution in [0.4, 0.5) is 0 Å². The Labute approximate surface area is 117 Å². The van der Waals surface area contributed by atoms with Crippen molar-refractivity contribution in [1.82, 2.24) is 15.5 Å². The summed E-state index contributed by atoms with van der Waals surface area (Å²) >= 11 is 0. The summed E-state index contributed by atoms with van der Waals surface area (Å²) in [6.07, 6.45) is 4.69. The summed E-state index contributed by atoms with van der Waals surface area (Å²) in [5, 5.41) is 6.17. The highest BCUT2D eigenvalue weighted by atomic mass is 16.5. The Morgan fingerprint density at radius 3 is 2.74 bits per heavy atom. The van der Waals surface area contributed by atoms with Gasteiger partial charge in [0.1, 0.15) is 0 Å². The number of methoxy groups -OCH3 is 1. The largest absolute Gasteiger partial charge is 0.383 e. The molecule has 0 aromatic heterocycles. The van der Waals surface area contributed by atoms with Crippen LogP contribution in [0.1, 0.15) is 32.6 Å². The Bertz CT molecular complexity index is 241. The molecule has 5 heteroatoms. The molecule has 1 aliphatic heterocycles. The van der Waals surface area contributed by atoms with Crippen LogP contribution in [0.15, 0.2) is 0 Å². The van der Waals surface area contributed by atoms with E-state index in [2.05, 4.69) is 22.5 Å². The van der Waals surface area contributed by atoms with E-state index >= 15 is 0 Å². The SMILES string of the molecule is CCCCN1CCC(NC(=O)CNCCOC)CC1. The van der Waals surface area contributed by atoms with E-state index < -0.39 is 0 Å². The summed E-state index contributed by atoms with van der Waals surface area (Å²) in [5.41, 5.74) is 0. The molecule has 1 amide bonds. The number of nitrogens with zero attached hydrogens (tertiary/aromatic N) is 1. The van der Waals surface area contributed by atoms with Gasteiger partial charge in [-0.15, -0.1) is 0 Å². The molecule has 1 heterocycles. The molecule has 0 aromatic carbocycles. The van der Waals surface area contributed by atoms with Crippen LogP contribution >= 0.6 is 0 Å². The quantitative estimate of drug-likeness (QED) is 0.603. The predicted octanol–water partition coefficient (Wildman–Crippen LogP) is 0.603. The summed E-state index contributed by atoms with van der Waals surface area (Å²) < 4.78 is 4.92. The first-order valence-corrected chi connectivity index (χ1v) is 7.47. The van der Waals surface area contributed by atoms with E-state index in [1.165, 1.54) is 19.4 Å². The summed E-state index contributed by atoms with van der Waals surface area (Å²) in [5.74, 6) is 0.100. The van der Waals surface area contributed by atoms with Crippen molar-refractivity contribution in [1.29, 1.82) is 0 Å². The van der Waals surface area contributed by atoms with Crippen LogP contribution in [-0.4, -0.2) is 63.3 Å². The fourth-order valence-corrected chi connectivity index (χ4v) is 2.34. The van der Waals surface area contributed by atoms with Gasteiger partial charge < -0.3 is 20.3 Å². The molecular weight excluding hydrogens is 242 g/mol. The molecule has 19 heavy (non-hydrogen) atoms. The van der Waals surface area contributed by atoms with Crippen LogP contribution in [0.3, 0.4) is 0 Å². The predicted molar refractivity (Wildman–Crippen MR) is 77.3 cm³/mol. The van der Waals surface area contributed by atoms with E-state index in [9.17, 15) is 4.79 Å². The number of nitrogens with one attached hydrogen (secondary N) is 2. The molecule has 0 aliphatic carbocycles. The van der Waals surface area contributed by atoms with Crippen LogP contribution in [0.5, 0.6) is 0 Å². The van der Waals surface area contributed by atoms with Crippen molar-refractivity contribution in [2.75, 3.05) is 46.4 Å². The van der Waals surface area contributed by atoms with Crippen molar-refractivity contribution in [2.24, 2.45) is 0 Å². The highest BCUT2D eigenvalue weighted by Gasteiger charge is 2.19. The zero-order valence-electron chi connectivity index (χ0n) is 12.4. The number of hydrogen-bond donors (Lipinski definition) is 2. The average molecular weight is 271 g/mol. The van der Waals surface area contributed by atoms with Gasteiger partial charge in [0.2, 0.25) is 5.91 Å². The molecular formula is C14H29N3O2. The lowest BCUT2D eigenvalue weighted by molar-refractivity contribution is -0.121. The maximum atomic E-state index is 11.7. The molecule has 112 valence electrons. The minimum atomic E-state index is 0.100. The van der Waals surface area contributed by atoms with Crippen LogP contribution in [0.25, 0.3) is 0 Å². The van der Waals surface area contributed by atoms with Gasteiger partial charge in [-0.2, -0.15) is 0 Å². The highest BCUT2D eigenvalue weighted by Crippen LogP contribution is 2.10. The fraction of sp³-hybridized carbons (Fsp3) is 0.929. The van der Waals surface area contributed by atoms with Crippen LogP contribution in [0, 0.1) is 0 Å². The maximum Gasteiger partial charge on any atom is 0.234 e. The Morgan fingerprint density at radius 2 is 2.11 bits per heavy atom. The van der Waals surface area contributed by atoms with E-state index in [0.29, 0.717) is 19.2 Å². The van der Waals surface area contributed by atoms with Crippen molar-refractivity contribution in [3.05, 3.63) is 0 Å². The molecule has 1 rings (SSSR count). The van der Waals surface area contributed by atoms with E-state index in [-0.39, 0.29) is 5.91 Å². The zero-order valence-corrected chi connectivity index (χ0v) is 12.4. The Balaban J connectivity index is 2.06. The number of amides is 1. The van der Waals surface area contributed by atoms with Crippen LogP contribution < -0.4 is 10.6 Å². The van der Waals surface area contributed by atoms with E-state index in [1.807, 2.05) is 0 Å². The lowest BCUT2D eigenvalue weighted by Gasteiger charge is -2.32. The van der Waals surface area contributed by atoms with Crippen molar-refractivity contribution >= 4 is 5.91 Å². The summed E-state index contributed by atoms with van der Waals surface area (Å²) in [7, 11) is 1.66. The normalized spacial score (nSPS) is 17.6. The Morgan fingerprint density at radius 1 is 1.37 bits per heavy atom. The van der Waals surface area contributed by atoms with Crippen molar-refractivity contribution < 1.29 is 9.53 Å². The van der Waals surface area contributed by atoms with Gasteiger partial charge in [0.15, 0.2) is 0 Å². The first kappa shape index (κ1) is 16.4. The second-order valence-corrected chi connectivity index (χ2v) is 5.21. The third-order valence-electron chi connectivity index (χ3n) is 3.55. The second kappa shape index (κ2) is 10.2. The summed E-state index contributed by atoms with van der Waals surface area (Å²) in [4.78, 5) is 14.2. The van der Waals surface area contributed by atoms with E-state index in [0.717, 1.165) is 32.5 Å². The van der Waals surface area contributed by atoms with Crippen LogP contribution in [0.2, 0.25) is 0 Å². The number of ether oxygens (including phenoxy) is 1.